The first kappa shape index (κ1) is 13.9. The normalized spacial score (nSPS) is 16.0. The van der Waals surface area contributed by atoms with Gasteiger partial charge in [-0.05, 0) is 55.5 Å². The predicted molar refractivity (Wildman–Crippen MR) is 91.4 cm³/mol. The fourth-order valence-electron chi connectivity index (χ4n) is 3.35. The van der Waals surface area contributed by atoms with E-state index in [0.717, 1.165) is 0 Å². The van der Waals surface area contributed by atoms with E-state index in [4.69, 9.17) is 0 Å². The minimum Gasteiger partial charge on any atom is -0.0622 e. The van der Waals surface area contributed by atoms with Gasteiger partial charge < -0.3 is 0 Å². The van der Waals surface area contributed by atoms with Gasteiger partial charge in [0.2, 0.25) is 0 Å². The summed E-state index contributed by atoms with van der Waals surface area (Å²) in [7, 11) is 0. The number of rotatable bonds is 2. The van der Waals surface area contributed by atoms with Crippen molar-refractivity contribution in [1.82, 2.24) is 0 Å². The van der Waals surface area contributed by atoms with E-state index < -0.39 is 0 Å². The molecule has 21 heavy (non-hydrogen) atoms. The Morgan fingerprint density at radius 2 is 1.05 bits per heavy atom. The zero-order chi connectivity index (χ0) is 15.0. The van der Waals surface area contributed by atoms with Gasteiger partial charge in [0.25, 0.3) is 0 Å². The maximum atomic E-state index is 2.28. The van der Waals surface area contributed by atoms with Gasteiger partial charge in [0.05, 0.1) is 0 Å². The van der Waals surface area contributed by atoms with Crippen LogP contribution in [0.3, 0.4) is 0 Å². The van der Waals surface area contributed by atoms with Gasteiger partial charge >= 0.3 is 0 Å². The topological polar surface area (TPSA) is 0 Å². The molecule has 106 valence electrons. The van der Waals surface area contributed by atoms with Crippen LogP contribution in [0.2, 0.25) is 0 Å². The summed E-state index contributed by atoms with van der Waals surface area (Å²) in [5.41, 5.74) is 9.89. The van der Waals surface area contributed by atoms with Crippen molar-refractivity contribution in [2.75, 3.05) is 0 Å². The number of benzene rings is 2. The van der Waals surface area contributed by atoms with Gasteiger partial charge in [0.1, 0.15) is 0 Å². The fraction of sp³-hybridized carbons (Fsp3) is 0.238. The SMILES string of the molecule is CC1=C(C)C(c2ccc(-c3ccccc3)cc2)C(C)=C1C. The summed E-state index contributed by atoms with van der Waals surface area (Å²) in [5, 5.41) is 0. The smallest absolute Gasteiger partial charge is 0.0263 e. The highest BCUT2D eigenvalue weighted by molar-refractivity contribution is 5.64. The van der Waals surface area contributed by atoms with Crippen molar-refractivity contribution in [3.63, 3.8) is 0 Å². The van der Waals surface area contributed by atoms with Gasteiger partial charge in [-0.3, -0.25) is 0 Å². The molecule has 0 atom stereocenters. The molecule has 1 aliphatic rings. The summed E-state index contributed by atoms with van der Waals surface area (Å²) in [5.74, 6) is 0.467. The average molecular weight is 274 g/mol. The lowest BCUT2D eigenvalue weighted by atomic mass is 9.88. The van der Waals surface area contributed by atoms with Crippen molar-refractivity contribution < 1.29 is 0 Å². The number of hydrogen-bond donors (Lipinski definition) is 0. The van der Waals surface area contributed by atoms with Crippen molar-refractivity contribution in [3.05, 3.63) is 82.5 Å². The molecule has 0 heteroatoms. The third-order valence-corrected chi connectivity index (χ3v) is 4.96. The molecule has 0 radical (unpaired) electrons. The van der Waals surface area contributed by atoms with Gasteiger partial charge in [-0.25, -0.2) is 0 Å². The molecule has 0 amide bonds. The Balaban J connectivity index is 1.96. The molecule has 0 bridgehead atoms. The van der Waals surface area contributed by atoms with Gasteiger partial charge in [-0.15, -0.1) is 0 Å². The molecule has 0 heterocycles. The number of hydrogen-bond acceptors (Lipinski definition) is 0. The molecule has 1 aliphatic carbocycles. The Morgan fingerprint density at radius 3 is 1.57 bits per heavy atom. The second kappa shape index (κ2) is 5.37. The van der Waals surface area contributed by atoms with E-state index >= 15 is 0 Å². The summed E-state index contributed by atoms with van der Waals surface area (Å²) in [6.45, 7) is 9.02. The molecule has 0 nitrogen and oxygen atoms in total. The second-order valence-corrected chi connectivity index (χ2v) is 6.04. The molecule has 0 spiro atoms. The molecular weight excluding hydrogens is 252 g/mol. The van der Waals surface area contributed by atoms with Crippen LogP contribution in [-0.2, 0) is 0 Å². The van der Waals surface area contributed by atoms with E-state index in [1.165, 1.54) is 39.0 Å². The summed E-state index contributed by atoms with van der Waals surface area (Å²) in [4.78, 5) is 0. The molecule has 0 N–H and O–H groups in total. The Hall–Kier alpha value is -2.08. The Bertz CT molecular complexity index is 688. The standard InChI is InChI=1S/C21H22/c1-14-15(2)17(4)21(16(14)3)20-12-10-19(11-13-20)18-8-6-5-7-9-18/h5-13,21H,1-4H3. The third-order valence-electron chi connectivity index (χ3n) is 4.96. The van der Waals surface area contributed by atoms with Crippen molar-refractivity contribution in [3.8, 4) is 11.1 Å². The van der Waals surface area contributed by atoms with E-state index in [0.29, 0.717) is 5.92 Å². The van der Waals surface area contributed by atoms with Crippen LogP contribution in [0.4, 0.5) is 0 Å². The summed E-state index contributed by atoms with van der Waals surface area (Å²) < 4.78 is 0. The molecule has 0 aliphatic heterocycles. The summed E-state index contributed by atoms with van der Waals surface area (Å²) >= 11 is 0. The monoisotopic (exact) mass is 274 g/mol. The highest BCUT2D eigenvalue weighted by atomic mass is 14.3. The van der Waals surface area contributed by atoms with Crippen LogP contribution in [0.25, 0.3) is 11.1 Å². The first-order chi connectivity index (χ1) is 10.1. The van der Waals surface area contributed by atoms with Crippen LogP contribution >= 0.6 is 0 Å². The van der Waals surface area contributed by atoms with Crippen LogP contribution in [0, 0.1) is 0 Å². The van der Waals surface area contributed by atoms with Gasteiger partial charge in [0.15, 0.2) is 0 Å². The molecular formula is C21H22. The van der Waals surface area contributed by atoms with Crippen molar-refractivity contribution in [1.29, 1.82) is 0 Å². The van der Waals surface area contributed by atoms with Gasteiger partial charge in [0, 0.05) is 5.92 Å². The highest BCUT2D eigenvalue weighted by Gasteiger charge is 2.25. The Kier molecular flexibility index (Phi) is 3.55. The lowest BCUT2D eigenvalue weighted by Gasteiger charge is -2.16. The van der Waals surface area contributed by atoms with E-state index in [1.807, 2.05) is 0 Å². The third kappa shape index (κ3) is 2.35. The highest BCUT2D eigenvalue weighted by Crippen LogP contribution is 2.43. The van der Waals surface area contributed by atoms with Crippen LogP contribution in [0.15, 0.2) is 76.9 Å². The summed E-state index contributed by atoms with van der Waals surface area (Å²) in [6, 6.07) is 19.6. The lowest BCUT2D eigenvalue weighted by Crippen LogP contribution is -1.99. The van der Waals surface area contributed by atoms with E-state index in [2.05, 4.69) is 82.3 Å². The second-order valence-electron chi connectivity index (χ2n) is 6.04. The quantitative estimate of drug-likeness (QED) is 0.618. The molecule has 0 aromatic heterocycles. The van der Waals surface area contributed by atoms with E-state index in [-0.39, 0.29) is 0 Å². The van der Waals surface area contributed by atoms with Crippen molar-refractivity contribution in [2.45, 2.75) is 33.6 Å². The molecule has 0 unspecified atom stereocenters. The fourth-order valence-corrected chi connectivity index (χ4v) is 3.35. The van der Waals surface area contributed by atoms with Crippen molar-refractivity contribution in [2.24, 2.45) is 0 Å². The lowest BCUT2D eigenvalue weighted by molar-refractivity contribution is 0.936. The molecule has 0 saturated carbocycles. The van der Waals surface area contributed by atoms with Gasteiger partial charge in [-0.2, -0.15) is 0 Å². The zero-order valence-corrected chi connectivity index (χ0v) is 13.3. The first-order valence-corrected chi connectivity index (χ1v) is 7.60. The Labute approximate surface area is 127 Å². The molecule has 0 saturated heterocycles. The van der Waals surface area contributed by atoms with Crippen LogP contribution in [0.5, 0.6) is 0 Å². The van der Waals surface area contributed by atoms with Crippen LogP contribution in [0.1, 0.15) is 39.2 Å². The minimum atomic E-state index is 0.467. The first-order valence-electron chi connectivity index (χ1n) is 7.60. The van der Waals surface area contributed by atoms with E-state index in [1.54, 1.807) is 0 Å². The predicted octanol–water partition coefficient (Wildman–Crippen LogP) is 6.12. The van der Waals surface area contributed by atoms with Crippen LogP contribution in [-0.4, -0.2) is 0 Å². The average Bonchev–Trinajstić information content (AvgIpc) is 2.72. The van der Waals surface area contributed by atoms with Crippen molar-refractivity contribution >= 4 is 0 Å². The number of allylic oxidation sites excluding steroid dienone is 4. The Morgan fingerprint density at radius 1 is 0.571 bits per heavy atom. The maximum absolute atomic E-state index is 2.28. The van der Waals surface area contributed by atoms with Crippen LogP contribution < -0.4 is 0 Å². The minimum absolute atomic E-state index is 0.467. The van der Waals surface area contributed by atoms with E-state index in [9.17, 15) is 0 Å². The molecule has 2 aromatic carbocycles. The molecule has 2 aromatic rings. The largest absolute Gasteiger partial charge is 0.0622 e. The maximum Gasteiger partial charge on any atom is 0.0263 e. The summed E-state index contributed by atoms with van der Waals surface area (Å²) in [6.07, 6.45) is 0. The molecule has 0 fully saturated rings. The zero-order valence-electron chi connectivity index (χ0n) is 13.3. The van der Waals surface area contributed by atoms with Gasteiger partial charge in [-0.1, -0.05) is 65.7 Å². The molecule has 3 rings (SSSR count).